The first-order valence-corrected chi connectivity index (χ1v) is 6.40. The molecule has 0 bridgehead atoms. The zero-order chi connectivity index (χ0) is 10.7. The fourth-order valence-electron chi connectivity index (χ4n) is 2.00. The summed E-state index contributed by atoms with van der Waals surface area (Å²) in [6.45, 7) is 2.35. The number of nitrogens with zero attached hydrogens (tertiary/aromatic N) is 1. The first kappa shape index (κ1) is 11.1. The zero-order valence-corrected chi connectivity index (χ0v) is 9.56. The van der Waals surface area contributed by atoms with E-state index in [1.807, 2.05) is 11.8 Å². The van der Waals surface area contributed by atoms with Crippen molar-refractivity contribution in [1.82, 2.24) is 4.90 Å². The maximum absolute atomic E-state index is 13.6. The van der Waals surface area contributed by atoms with Crippen molar-refractivity contribution in [3.05, 3.63) is 11.0 Å². The minimum Gasteiger partial charge on any atom is -0.300 e. The standard InChI is InChI=1S/C11H16FNOS/c12-11(9-14)3-5-13(6-4-11)8-10-2-1-7-15-10/h2,9H,1,3-8H2. The lowest BCUT2D eigenvalue weighted by atomic mass is 9.95. The molecule has 1 saturated heterocycles. The van der Waals surface area contributed by atoms with Crippen molar-refractivity contribution in [1.29, 1.82) is 0 Å². The Morgan fingerprint density at radius 2 is 2.27 bits per heavy atom. The molecule has 0 N–H and O–H groups in total. The number of allylic oxidation sites excluding steroid dienone is 1. The molecule has 0 aromatic rings. The Labute approximate surface area is 93.9 Å². The van der Waals surface area contributed by atoms with E-state index in [1.165, 1.54) is 10.7 Å². The third-order valence-electron chi connectivity index (χ3n) is 3.06. The van der Waals surface area contributed by atoms with E-state index in [9.17, 15) is 9.18 Å². The number of carbonyl (C=O) groups is 1. The van der Waals surface area contributed by atoms with Crippen molar-refractivity contribution in [2.45, 2.75) is 24.9 Å². The second-order valence-corrected chi connectivity index (χ2v) is 5.46. The second kappa shape index (κ2) is 4.66. The molecule has 2 rings (SSSR count). The van der Waals surface area contributed by atoms with Crippen LogP contribution in [0.15, 0.2) is 11.0 Å². The van der Waals surface area contributed by atoms with Gasteiger partial charge in [0.25, 0.3) is 0 Å². The number of rotatable bonds is 3. The highest BCUT2D eigenvalue weighted by Gasteiger charge is 2.34. The van der Waals surface area contributed by atoms with Gasteiger partial charge in [0, 0.05) is 38.2 Å². The molecule has 1 fully saturated rings. The molecule has 0 aliphatic carbocycles. The van der Waals surface area contributed by atoms with Crippen LogP contribution in [0.1, 0.15) is 19.3 Å². The van der Waals surface area contributed by atoms with Crippen molar-refractivity contribution >= 4 is 18.0 Å². The molecule has 2 nitrogen and oxygen atoms in total. The molecule has 0 spiro atoms. The summed E-state index contributed by atoms with van der Waals surface area (Å²) in [4.78, 5) is 14.2. The molecular weight excluding hydrogens is 213 g/mol. The summed E-state index contributed by atoms with van der Waals surface area (Å²) in [7, 11) is 0. The largest absolute Gasteiger partial charge is 0.300 e. The Hall–Kier alpha value is -0.350. The summed E-state index contributed by atoms with van der Waals surface area (Å²) in [5.74, 6) is 1.19. The summed E-state index contributed by atoms with van der Waals surface area (Å²) >= 11 is 1.90. The molecule has 0 atom stereocenters. The quantitative estimate of drug-likeness (QED) is 0.690. The summed E-state index contributed by atoms with van der Waals surface area (Å²) in [6.07, 6.45) is 4.62. The number of likely N-dealkylation sites (tertiary alicyclic amines) is 1. The van der Waals surface area contributed by atoms with Crippen molar-refractivity contribution in [2.24, 2.45) is 0 Å². The summed E-state index contributed by atoms with van der Waals surface area (Å²) < 4.78 is 13.6. The van der Waals surface area contributed by atoms with Gasteiger partial charge in [0.1, 0.15) is 0 Å². The third kappa shape index (κ3) is 2.82. The van der Waals surface area contributed by atoms with Gasteiger partial charge in [-0.1, -0.05) is 6.08 Å². The van der Waals surface area contributed by atoms with E-state index in [1.54, 1.807) is 0 Å². The average molecular weight is 229 g/mol. The lowest BCUT2D eigenvalue weighted by Crippen LogP contribution is -2.43. The van der Waals surface area contributed by atoms with Crippen molar-refractivity contribution in [3.63, 3.8) is 0 Å². The Bertz CT molecular complexity index is 272. The lowest BCUT2D eigenvalue weighted by Gasteiger charge is -2.33. The molecule has 2 aliphatic heterocycles. The first-order chi connectivity index (χ1) is 7.22. The Kier molecular flexibility index (Phi) is 3.46. The SMILES string of the molecule is O=CC1(F)CCN(CC2=CCCS2)CC1. The van der Waals surface area contributed by atoms with Crippen molar-refractivity contribution in [2.75, 3.05) is 25.4 Å². The van der Waals surface area contributed by atoms with Gasteiger partial charge in [0.15, 0.2) is 12.0 Å². The highest BCUT2D eigenvalue weighted by atomic mass is 32.2. The number of thioether (sulfide) groups is 1. The molecule has 15 heavy (non-hydrogen) atoms. The predicted molar refractivity (Wildman–Crippen MR) is 60.7 cm³/mol. The molecule has 0 aromatic carbocycles. The van der Waals surface area contributed by atoms with Crippen molar-refractivity contribution in [3.8, 4) is 0 Å². The molecule has 0 unspecified atom stereocenters. The van der Waals surface area contributed by atoms with Crippen LogP contribution in [0, 0.1) is 0 Å². The molecule has 2 heterocycles. The molecule has 0 amide bonds. The second-order valence-electron chi connectivity index (χ2n) is 4.24. The molecule has 2 aliphatic rings. The van der Waals surface area contributed by atoms with Crippen molar-refractivity contribution < 1.29 is 9.18 Å². The Balaban J connectivity index is 1.80. The maximum Gasteiger partial charge on any atom is 0.168 e. The molecular formula is C11H16FNOS. The fourth-order valence-corrected chi connectivity index (χ4v) is 3.01. The number of aldehydes is 1. The number of piperidine rings is 1. The maximum atomic E-state index is 13.6. The average Bonchev–Trinajstić information content (AvgIpc) is 2.75. The van der Waals surface area contributed by atoms with Crippen LogP contribution >= 0.6 is 11.8 Å². The van der Waals surface area contributed by atoms with Crippen LogP contribution in [0.25, 0.3) is 0 Å². The molecule has 0 radical (unpaired) electrons. The number of halogens is 1. The third-order valence-corrected chi connectivity index (χ3v) is 4.16. The fraction of sp³-hybridized carbons (Fsp3) is 0.727. The van der Waals surface area contributed by atoms with Crippen LogP contribution in [-0.4, -0.2) is 42.2 Å². The Morgan fingerprint density at radius 3 is 2.80 bits per heavy atom. The predicted octanol–water partition coefficient (Wildman–Crippen LogP) is 2.01. The monoisotopic (exact) mass is 229 g/mol. The normalized spacial score (nSPS) is 26.3. The summed E-state index contributed by atoms with van der Waals surface area (Å²) in [5.41, 5.74) is -1.55. The summed E-state index contributed by atoms with van der Waals surface area (Å²) in [6, 6.07) is 0. The highest BCUT2D eigenvalue weighted by Crippen LogP contribution is 2.29. The van der Waals surface area contributed by atoms with E-state index in [-0.39, 0.29) is 0 Å². The smallest absolute Gasteiger partial charge is 0.168 e. The van der Waals surface area contributed by atoms with Crippen LogP contribution in [-0.2, 0) is 4.79 Å². The van der Waals surface area contributed by atoms with Crippen LogP contribution in [0.2, 0.25) is 0 Å². The molecule has 84 valence electrons. The zero-order valence-electron chi connectivity index (χ0n) is 8.75. The minimum absolute atomic E-state index is 0.356. The summed E-state index contributed by atoms with van der Waals surface area (Å²) in [5, 5.41) is 0. The van der Waals surface area contributed by atoms with Gasteiger partial charge in [0.2, 0.25) is 0 Å². The van der Waals surface area contributed by atoms with Crippen LogP contribution in [0.4, 0.5) is 4.39 Å². The van der Waals surface area contributed by atoms with Gasteiger partial charge in [-0.25, -0.2) is 4.39 Å². The molecule has 4 heteroatoms. The van der Waals surface area contributed by atoms with Crippen LogP contribution in [0.5, 0.6) is 0 Å². The molecule has 0 saturated carbocycles. The minimum atomic E-state index is -1.55. The number of hydrogen-bond acceptors (Lipinski definition) is 3. The van der Waals surface area contributed by atoms with Crippen LogP contribution in [0.3, 0.4) is 0 Å². The number of hydrogen-bond donors (Lipinski definition) is 0. The van der Waals surface area contributed by atoms with E-state index in [0.717, 1.165) is 13.0 Å². The van der Waals surface area contributed by atoms with Gasteiger partial charge >= 0.3 is 0 Å². The van der Waals surface area contributed by atoms with Gasteiger partial charge in [-0.2, -0.15) is 0 Å². The highest BCUT2D eigenvalue weighted by molar-refractivity contribution is 8.03. The van der Waals surface area contributed by atoms with E-state index >= 15 is 0 Å². The van der Waals surface area contributed by atoms with Crippen LogP contribution < -0.4 is 0 Å². The van der Waals surface area contributed by atoms with E-state index in [2.05, 4.69) is 11.0 Å². The topological polar surface area (TPSA) is 20.3 Å². The first-order valence-electron chi connectivity index (χ1n) is 5.41. The van der Waals surface area contributed by atoms with Gasteiger partial charge in [0.05, 0.1) is 0 Å². The van der Waals surface area contributed by atoms with E-state index in [0.29, 0.717) is 32.2 Å². The molecule has 0 aromatic heterocycles. The number of alkyl halides is 1. The number of carbonyl (C=O) groups excluding carboxylic acids is 1. The van der Waals surface area contributed by atoms with Gasteiger partial charge in [-0.3, -0.25) is 9.69 Å². The Morgan fingerprint density at radius 1 is 1.53 bits per heavy atom. The van der Waals surface area contributed by atoms with Gasteiger partial charge in [-0.15, -0.1) is 11.8 Å². The van der Waals surface area contributed by atoms with E-state index in [4.69, 9.17) is 0 Å². The lowest BCUT2D eigenvalue weighted by molar-refractivity contribution is -0.120. The van der Waals surface area contributed by atoms with E-state index < -0.39 is 5.67 Å². The van der Waals surface area contributed by atoms with Gasteiger partial charge in [-0.05, 0) is 11.3 Å². The van der Waals surface area contributed by atoms with Gasteiger partial charge < -0.3 is 0 Å².